The minimum atomic E-state index is -1.14. The summed E-state index contributed by atoms with van der Waals surface area (Å²) in [6.07, 6.45) is 0.237. The van der Waals surface area contributed by atoms with Gasteiger partial charge in [0.05, 0.1) is 12.1 Å². The van der Waals surface area contributed by atoms with Crippen molar-refractivity contribution < 1.29 is 19.4 Å². The van der Waals surface area contributed by atoms with E-state index in [0.717, 1.165) is 0 Å². The summed E-state index contributed by atoms with van der Waals surface area (Å²) >= 11 is 5.99. The van der Waals surface area contributed by atoms with E-state index in [9.17, 15) is 14.7 Å². The number of carboxylic acid groups (broad SMARTS) is 1. The molecule has 5 nitrogen and oxygen atoms in total. The average Bonchev–Trinajstić information content (AvgIpc) is 2.33. The number of halogens is 1. The maximum atomic E-state index is 11.9. The Morgan fingerprint density at radius 2 is 2.00 bits per heavy atom. The van der Waals surface area contributed by atoms with Gasteiger partial charge in [-0.15, -0.1) is 0 Å². The Morgan fingerprint density at radius 3 is 2.43 bits per heavy atom. The number of hydrogen-bond donors (Lipinski definition) is 2. The van der Waals surface area contributed by atoms with Gasteiger partial charge in [-0.1, -0.05) is 38.4 Å². The summed E-state index contributed by atoms with van der Waals surface area (Å²) in [4.78, 5) is 23.3. The molecule has 0 bridgehead atoms. The molecule has 1 aromatic rings. The third-order valence-electron chi connectivity index (χ3n) is 2.75. The lowest BCUT2D eigenvalue weighted by atomic mass is 9.91. The van der Waals surface area contributed by atoms with Crippen molar-refractivity contribution in [1.82, 2.24) is 5.32 Å². The zero-order chi connectivity index (χ0) is 16.2. The number of ether oxygens (including phenoxy) is 1. The summed E-state index contributed by atoms with van der Waals surface area (Å²) in [5, 5.41) is 12.1. The normalized spacial score (nSPS) is 12.6. The molecule has 0 saturated carbocycles. The first-order chi connectivity index (χ1) is 9.64. The van der Waals surface area contributed by atoms with Gasteiger partial charge in [0.2, 0.25) is 5.91 Å². The van der Waals surface area contributed by atoms with Gasteiger partial charge in [0.15, 0.2) is 6.04 Å². The predicted octanol–water partition coefficient (Wildman–Crippen LogP) is 3.03. The molecule has 1 amide bonds. The Balaban J connectivity index is 2.95. The predicted molar refractivity (Wildman–Crippen MR) is 80.6 cm³/mol. The largest absolute Gasteiger partial charge is 0.495 e. The van der Waals surface area contributed by atoms with Gasteiger partial charge in [-0.05, 0) is 23.1 Å². The standard InChI is InChI=1S/C15H20ClNO4/c1-15(2,3)8-12(18)17-13(14(19)20)9-5-6-11(21-4)10(16)7-9/h5-7,13H,8H2,1-4H3,(H,17,18)(H,19,20). The van der Waals surface area contributed by atoms with Crippen molar-refractivity contribution >= 4 is 23.5 Å². The van der Waals surface area contributed by atoms with Crippen LogP contribution < -0.4 is 10.1 Å². The van der Waals surface area contributed by atoms with Gasteiger partial charge in [0.1, 0.15) is 5.75 Å². The van der Waals surface area contributed by atoms with Gasteiger partial charge in [0.25, 0.3) is 0 Å². The highest BCUT2D eigenvalue weighted by atomic mass is 35.5. The molecule has 1 aromatic carbocycles. The molecule has 0 aliphatic heterocycles. The first-order valence-corrected chi connectivity index (χ1v) is 6.87. The Bertz CT molecular complexity index is 537. The van der Waals surface area contributed by atoms with Gasteiger partial charge >= 0.3 is 5.97 Å². The van der Waals surface area contributed by atoms with Crippen molar-refractivity contribution in [3.8, 4) is 5.75 Å². The van der Waals surface area contributed by atoms with E-state index in [0.29, 0.717) is 16.3 Å². The Kier molecular flexibility index (Phi) is 5.61. The Labute approximate surface area is 129 Å². The maximum absolute atomic E-state index is 11.9. The molecule has 21 heavy (non-hydrogen) atoms. The third-order valence-corrected chi connectivity index (χ3v) is 3.05. The first kappa shape index (κ1) is 17.3. The minimum absolute atomic E-state index is 0.218. The summed E-state index contributed by atoms with van der Waals surface area (Å²) < 4.78 is 5.02. The molecule has 0 aliphatic rings. The van der Waals surface area contributed by atoms with E-state index in [1.807, 2.05) is 20.8 Å². The molecule has 1 rings (SSSR count). The number of methoxy groups -OCH3 is 1. The van der Waals surface area contributed by atoms with Crippen molar-refractivity contribution in [3.05, 3.63) is 28.8 Å². The third kappa shape index (κ3) is 5.27. The van der Waals surface area contributed by atoms with Crippen molar-refractivity contribution in [2.75, 3.05) is 7.11 Å². The van der Waals surface area contributed by atoms with E-state index in [1.54, 1.807) is 12.1 Å². The van der Waals surface area contributed by atoms with Crippen LogP contribution in [-0.4, -0.2) is 24.1 Å². The molecule has 116 valence electrons. The summed E-state index contributed by atoms with van der Waals surface area (Å²) in [6, 6.07) is 3.49. The van der Waals surface area contributed by atoms with Crippen LogP contribution in [-0.2, 0) is 9.59 Å². The number of carbonyl (C=O) groups is 2. The van der Waals surface area contributed by atoms with Crippen LogP contribution in [0.1, 0.15) is 38.8 Å². The first-order valence-electron chi connectivity index (χ1n) is 6.49. The summed E-state index contributed by atoms with van der Waals surface area (Å²) in [5.41, 5.74) is 0.181. The van der Waals surface area contributed by atoms with Crippen LogP contribution in [0.15, 0.2) is 18.2 Å². The van der Waals surface area contributed by atoms with Gasteiger partial charge in [-0.25, -0.2) is 4.79 Å². The molecular formula is C15H20ClNO4. The van der Waals surface area contributed by atoms with Crippen LogP contribution in [0.3, 0.4) is 0 Å². The minimum Gasteiger partial charge on any atom is -0.495 e. The lowest BCUT2D eigenvalue weighted by Crippen LogP contribution is -2.35. The number of carboxylic acids is 1. The van der Waals surface area contributed by atoms with Crippen LogP contribution in [0.5, 0.6) is 5.75 Å². The molecule has 1 atom stereocenters. The number of aliphatic carboxylic acids is 1. The number of benzene rings is 1. The van der Waals surface area contributed by atoms with Crippen LogP contribution >= 0.6 is 11.6 Å². The maximum Gasteiger partial charge on any atom is 0.330 e. The molecule has 0 saturated heterocycles. The number of nitrogens with one attached hydrogen (secondary N) is 1. The molecule has 0 spiro atoms. The molecule has 0 heterocycles. The number of hydrogen-bond acceptors (Lipinski definition) is 3. The molecule has 0 fully saturated rings. The van der Waals surface area contributed by atoms with E-state index in [2.05, 4.69) is 5.32 Å². The number of amides is 1. The highest BCUT2D eigenvalue weighted by molar-refractivity contribution is 6.32. The smallest absolute Gasteiger partial charge is 0.330 e. The second kappa shape index (κ2) is 6.80. The van der Waals surface area contributed by atoms with Crippen LogP contribution in [0.25, 0.3) is 0 Å². The molecule has 0 radical (unpaired) electrons. The zero-order valence-corrected chi connectivity index (χ0v) is 13.3. The average molecular weight is 314 g/mol. The molecule has 2 N–H and O–H groups in total. The van der Waals surface area contributed by atoms with Crippen molar-refractivity contribution in [2.45, 2.75) is 33.2 Å². The quantitative estimate of drug-likeness (QED) is 0.876. The molecular weight excluding hydrogens is 294 g/mol. The van der Waals surface area contributed by atoms with Crippen LogP contribution in [0.2, 0.25) is 5.02 Å². The summed E-state index contributed by atoms with van der Waals surface area (Å²) in [7, 11) is 1.47. The van der Waals surface area contributed by atoms with E-state index in [-0.39, 0.29) is 17.7 Å². The van der Waals surface area contributed by atoms with Gasteiger partial charge in [-0.2, -0.15) is 0 Å². The second-order valence-corrected chi connectivity index (χ2v) is 6.38. The van der Waals surface area contributed by atoms with E-state index >= 15 is 0 Å². The monoisotopic (exact) mass is 313 g/mol. The molecule has 0 aliphatic carbocycles. The Hall–Kier alpha value is -1.75. The highest BCUT2D eigenvalue weighted by Gasteiger charge is 2.25. The highest BCUT2D eigenvalue weighted by Crippen LogP contribution is 2.28. The van der Waals surface area contributed by atoms with Gasteiger partial charge in [-0.3, -0.25) is 4.79 Å². The second-order valence-electron chi connectivity index (χ2n) is 5.97. The van der Waals surface area contributed by atoms with E-state index in [1.165, 1.54) is 13.2 Å². The van der Waals surface area contributed by atoms with E-state index in [4.69, 9.17) is 16.3 Å². The molecule has 0 aromatic heterocycles. The van der Waals surface area contributed by atoms with Gasteiger partial charge < -0.3 is 15.2 Å². The van der Waals surface area contributed by atoms with Gasteiger partial charge in [0, 0.05) is 6.42 Å². The lowest BCUT2D eigenvalue weighted by Gasteiger charge is -2.20. The summed E-state index contributed by atoms with van der Waals surface area (Å²) in [5.74, 6) is -1.01. The Morgan fingerprint density at radius 1 is 1.38 bits per heavy atom. The van der Waals surface area contributed by atoms with Crippen molar-refractivity contribution in [3.63, 3.8) is 0 Å². The van der Waals surface area contributed by atoms with Crippen LogP contribution in [0.4, 0.5) is 0 Å². The fourth-order valence-corrected chi connectivity index (χ4v) is 2.11. The topological polar surface area (TPSA) is 75.6 Å². The fraction of sp³-hybridized carbons (Fsp3) is 0.467. The SMILES string of the molecule is COc1ccc(C(NC(=O)CC(C)(C)C)C(=O)O)cc1Cl. The van der Waals surface area contributed by atoms with E-state index < -0.39 is 12.0 Å². The number of rotatable bonds is 5. The zero-order valence-electron chi connectivity index (χ0n) is 12.6. The van der Waals surface area contributed by atoms with Crippen molar-refractivity contribution in [2.24, 2.45) is 5.41 Å². The lowest BCUT2D eigenvalue weighted by molar-refractivity contribution is -0.142. The van der Waals surface area contributed by atoms with Crippen molar-refractivity contribution in [1.29, 1.82) is 0 Å². The van der Waals surface area contributed by atoms with Crippen LogP contribution in [0, 0.1) is 5.41 Å². The molecule has 6 heteroatoms. The number of carbonyl (C=O) groups excluding carboxylic acids is 1. The molecule has 1 unspecified atom stereocenters. The fourth-order valence-electron chi connectivity index (χ4n) is 1.84. The summed E-state index contributed by atoms with van der Waals surface area (Å²) in [6.45, 7) is 5.73.